The van der Waals surface area contributed by atoms with Crippen molar-refractivity contribution in [1.29, 1.82) is 0 Å². The molecule has 108 valence electrons. The van der Waals surface area contributed by atoms with Gasteiger partial charge < -0.3 is 35.4 Å². The van der Waals surface area contributed by atoms with Crippen molar-refractivity contribution in [2.75, 3.05) is 13.2 Å². The third-order valence-corrected chi connectivity index (χ3v) is 3.29. The number of aliphatic hydroxyl groups excluding tert-OH is 6. The molecule has 0 heterocycles. The van der Waals surface area contributed by atoms with Crippen molar-refractivity contribution in [2.24, 2.45) is 0 Å². The van der Waals surface area contributed by atoms with E-state index in [1.54, 1.807) is 6.92 Å². The van der Waals surface area contributed by atoms with E-state index >= 15 is 0 Å². The molecule has 6 N–H and O–H groups in total. The second-order valence-corrected chi connectivity index (χ2v) is 5.13. The Morgan fingerprint density at radius 2 is 1.67 bits per heavy atom. The molecule has 5 atom stereocenters. The summed E-state index contributed by atoms with van der Waals surface area (Å²) >= 11 is 5.31. The molecular weight excluding hydrogens is 284 g/mol. The van der Waals surface area contributed by atoms with Crippen LogP contribution in [0.15, 0.2) is 0 Å². The molecule has 0 radical (unpaired) electrons. The minimum absolute atomic E-state index is 0.0200. The number of ether oxygens (including phenoxy) is 1. The SMILES string of the molecule is CCOC(=S)SC(O)[C@H](O)[C@H](O)[C@H](O)[C@@H](O)CO. The summed E-state index contributed by atoms with van der Waals surface area (Å²) < 4.78 is 4.84. The van der Waals surface area contributed by atoms with Crippen molar-refractivity contribution in [3.63, 3.8) is 0 Å². The van der Waals surface area contributed by atoms with Crippen LogP contribution < -0.4 is 0 Å². The molecule has 0 aliphatic carbocycles. The van der Waals surface area contributed by atoms with Crippen molar-refractivity contribution < 1.29 is 35.4 Å². The smallest absolute Gasteiger partial charge is 0.222 e. The maximum atomic E-state index is 9.53. The van der Waals surface area contributed by atoms with Gasteiger partial charge in [0.1, 0.15) is 29.9 Å². The molecule has 0 amide bonds. The zero-order valence-electron chi connectivity index (χ0n) is 9.71. The third kappa shape index (κ3) is 5.76. The van der Waals surface area contributed by atoms with E-state index in [0.29, 0.717) is 18.4 Å². The summed E-state index contributed by atoms with van der Waals surface area (Å²) in [5.74, 6) is 0. The maximum absolute atomic E-state index is 9.53. The molecule has 0 aromatic rings. The van der Waals surface area contributed by atoms with Crippen LogP contribution in [0.25, 0.3) is 0 Å². The summed E-state index contributed by atoms with van der Waals surface area (Å²) in [6.45, 7) is 1.19. The van der Waals surface area contributed by atoms with Crippen LogP contribution in [0, 0.1) is 0 Å². The highest BCUT2D eigenvalue weighted by molar-refractivity contribution is 8.22. The third-order valence-electron chi connectivity index (χ3n) is 2.05. The molecule has 0 saturated heterocycles. The number of thiocarbonyl (C=S) groups is 1. The second kappa shape index (κ2) is 8.99. The van der Waals surface area contributed by atoms with Crippen LogP contribution in [0.2, 0.25) is 0 Å². The van der Waals surface area contributed by atoms with E-state index < -0.39 is 36.5 Å². The topological polar surface area (TPSA) is 131 Å². The normalized spacial score (nSPS) is 19.7. The highest BCUT2D eigenvalue weighted by Gasteiger charge is 2.34. The first-order valence-corrected chi connectivity index (χ1v) is 6.48. The lowest BCUT2D eigenvalue weighted by Gasteiger charge is -2.28. The number of rotatable bonds is 7. The first-order valence-electron chi connectivity index (χ1n) is 5.19. The van der Waals surface area contributed by atoms with E-state index in [2.05, 4.69) is 0 Å². The first-order chi connectivity index (χ1) is 8.34. The van der Waals surface area contributed by atoms with Gasteiger partial charge >= 0.3 is 0 Å². The fourth-order valence-electron chi connectivity index (χ4n) is 1.03. The quantitative estimate of drug-likeness (QED) is 0.229. The van der Waals surface area contributed by atoms with E-state index in [-0.39, 0.29) is 4.38 Å². The Balaban J connectivity index is 4.35. The average Bonchev–Trinajstić information content (AvgIpc) is 2.35. The van der Waals surface area contributed by atoms with E-state index in [1.807, 2.05) is 0 Å². The molecule has 0 aromatic heterocycles. The van der Waals surface area contributed by atoms with Crippen molar-refractivity contribution in [1.82, 2.24) is 0 Å². The Morgan fingerprint density at radius 3 is 2.11 bits per heavy atom. The number of hydrogen-bond acceptors (Lipinski definition) is 9. The molecule has 0 bridgehead atoms. The van der Waals surface area contributed by atoms with Crippen LogP contribution in [0.3, 0.4) is 0 Å². The van der Waals surface area contributed by atoms with E-state index in [4.69, 9.17) is 27.2 Å². The van der Waals surface area contributed by atoms with Crippen LogP contribution in [-0.2, 0) is 4.74 Å². The summed E-state index contributed by atoms with van der Waals surface area (Å²) in [4.78, 5) is 0. The van der Waals surface area contributed by atoms with Crippen molar-refractivity contribution in [2.45, 2.75) is 36.8 Å². The highest BCUT2D eigenvalue weighted by Crippen LogP contribution is 2.19. The molecule has 0 aliphatic rings. The van der Waals surface area contributed by atoms with Crippen LogP contribution in [0.1, 0.15) is 6.92 Å². The van der Waals surface area contributed by atoms with Gasteiger partial charge in [0.25, 0.3) is 0 Å². The molecular formula is C9H18O7S2. The summed E-state index contributed by atoms with van der Waals surface area (Å²) in [6.07, 6.45) is -7.00. The molecule has 0 spiro atoms. The molecule has 1 unspecified atom stereocenters. The molecule has 18 heavy (non-hydrogen) atoms. The van der Waals surface area contributed by atoms with E-state index in [1.165, 1.54) is 0 Å². The number of aliphatic hydroxyl groups is 6. The van der Waals surface area contributed by atoms with Gasteiger partial charge in [0, 0.05) is 0 Å². The molecule has 0 fully saturated rings. The van der Waals surface area contributed by atoms with Gasteiger partial charge in [-0.05, 0) is 30.9 Å². The Kier molecular flexibility index (Phi) is 8.99. The fraction of sp³-hybridized carbons (Fsp3) is 0.889. The van der Waals surface area contributed by atoms with Crippen molar-refractivity contribution in [3.8, 4) is 0 Å². The molecule has 7 nitrogen and oxygen atoms in total. The van der Waals surface area contributed by atoms with Gasteiger partial charge in [0.05, 0.1) is 13.2 Å². The van der Waals surface area contributed by atoms with Gasteiger partial charge in [-0.2, -0.15) is 0 Å². The van der Waals surface area contributed by atoms with Crippen LogP contribution in [0.5, 0.6) is 0 Å². The Morgan fingerprint density at radius 1 is 1.11 bits per heavy atom. The minimum Gasteiger partial charge on any atom is -0.479 e. The largest absolute Gasteiger partial charge is 0.479 e. The monoisotopic (exact) mass is 302 g/mol. The zero-order chi connectivity index (χ0) is 14.3. The van der Waals surface area contributed by atoms with Crippen molar-refractivity contribution in [3.05, 3.63) is 0 Å². The molecule has 0 rings (SSSR count). The predicted molar refractivity (Wildman–Crippen MR) is 68.9 cm³/mol. The summed E-state index contributed by atoms with van der Waals surface area (Å²) in [7, 11) is 0. The zero-order valence-corrected chi connectivity index (χ0v) is 11.3. The molecule has 0 saturated carbocycles. The van der Waals surface area contributed by atoms with Crippen LogP contribution in [-0.4, -0.2) is 78.1 Å². The summed E-state index contributed by atoms with van der Waals surface area (Å²) in [5.41, 5.74) is -1.53. The lowest BCUT2D eigenvalue weighted by molar-refractivity contribution is -0.127. The fourth-order valence-corrected chi connectivity index (χ4v) is 2.12. The summed E-state index contributed by atoms with van der Waals surface area (Å²) in [6, 6.07) is 0. The average molecular weight is 302 g/mol. The maximum Gasteiger partial charge on any atom is 0.222 e. The lowest BCUT2D eigenvalue weighted by atomic mass is 10.0. The first kappa shape index (κ1) is 18.0. The minimum atomic E-state index is -1.83. The second-order valence-electron chi connectivity index (χ2n) is 3.41. The van der Waals surface area contributed by atoms with Gasteiger partial charge in [-0.3, -0.25) is 0 Å². The molecule has 9 heteroatoms. The van der Waals surface area contributed by atoms with Gasteiger partial charge in [-0.25, -0.2) is 0 Å². The Hall–Kier alpha value is -0.0000000000000000694. The van der Waals surface area contributed by atoms with Gasteiger partial charge in [-0.1, -0.05) is 0 Å². The van der Waals surface area contributed by atoms with Crippen molar-refractivity contribution >= 4 is 28.4 Å². The highest BCUT2D eigenvalue weighted by atomic mass is 32.2. The predicted octanol–water partition coefficient (Wildman–Crippen LogP) is -2.20. The Labute approximate surface area is 114 Å². The summed E-state index contributed by atoms with van der Waals surface area (Å²) in [5, 5.41) is 55.5. The number of thioether (sulfide) groups is 1. The van der Waals surface area contributed by atoms with E-state index in [0.717, 1.165) is 0 Å². The van der Waals surface area contributed by atoms with Gasteiger partial charge in [0.15, 0.2) is 0 Å². The molecule has 0 aliphatic heterocycles. The standard InChI is InChI=1S/C9H18O7S2/c1-2-16-9(17)18-8(15)7(14)6(13)5(12)4(11)3-10/h4-8,10-15H,2-3H2,1H3/t4-,5+,6+,7+,8?/m0/s1. The van der Waals surface area contributed by atoms with Crippen LogP contribution >= 0.6 is 24.0 Å². The molecule has 0 aromatic carbocycles. The van der Waals surface area contributed by atoms with Gasteiger partial charge in [-0.15, -0.1) is 0 Å². The van der Waals surface area contributed by atoms with E-state index in [9.17, 15) is 20.4 Å². The number of hydrogen-bond donors (Lipinski definition) is 6. The lowest BCUT2D eigenvalue weighted by Crippen LogP contribution is -2.49. The van der Waals surface area contributed by atoms with Gasteiger partial charge in [0.2, 0.25) is 4.38 Å². The van der Waals surface area contributed by atoms with Crippen LogP contribution in [0.4, 0.5) is 0 Å². The Bertz CT molecular complexity index is 253.